The number of hydrogen-bond donors (Lipinski definition) is 1. The molecule has 2 atom stereocenters. The van der Waals surface area contributed by atoms with Crippen LogP contribution in [0, 0.1) is 4.91 Å². The number of carbonyl (C=O) groups is 2. The van der Waals surface area contributed by atoms with Gasteiger partial charge >= 0.3 is 11.9 Å². The van der Waals surface area contributed by atoms with Crippen LogP contribution in [0.5, 0.6) is 0 Å². The minimum atomic E-state index is -4.19. The second-order valence-corrected chi connectivity index (χ2v) is 10.1. The van der Waals surface area contributed by atoms with Crippen molar-refractivity contribution in [2.75, 3.05) is 20.2 Å². The van der Waals surface area contributed by atoms with E-state index in [9.17, 15) is 22.9 Å². The van der Waals surface area contributed by atoms with Crippen LogP contribution >= 0.6 is 0 Å². The normalized spacial score (nSPS) is 14.0. The summed E-state index contributed by atoms with van der Waals surface area (Å²) in [7, 11) is -3.02. The highest BCUT2D eigenvalue weighted by molar-refractivity contribution is 7.89. The topological polar surface area (TPSA) is 131 Å². The van der Waals surface area contributed by atoms with Crippen LogP contribution < -0.4 is 5.32 Å². The number of nitrogens with one attached hydrogen (secondary N) is 1. The Bertz CT molecular complexity index is 897. The Balaban J connectivity index is 2.85. The van der Waals surface area contributed by atoms with Gasteiger partial charge < -0.3 is 14.8 Å². The smallest absolute Gasteiger partial charge is 0.323 e. The lowest BCUT2D eigenvalue weighted by molar-refractivity contribution is -0.157. The Morgan fingerprint density at radius 2 is 1.75 bits per heavy atom. The Labute approximate surface area is 189 Å². The molecule has 0 heterocycles. The number of sulfonamides is 1. The summed E-state index contributed by atoms with van der Waals surface area (Å²) in [5.74, 6) is -1.10. The zero-order valence-electron chi connectivity index (χ0n) is 19.5. The van der Waals surface area contributed by atoms with E-state index in [1.807, 2.05) is 0 Å². The summed E-state index contributed by atoms with van der Waals surface area (Å²) >= 11 is 0. The van der Waals surface area contributed by atoms with Crippen LogP contribution in [0.3, 0.4) is 0 Å². The Morgan fingerprint density at radius 3 is 2.31 bits per heavy atom. The van der Waals surface area contributed by atoms with Crippen LogP contribution in [0.25, 0.3) is 0 Å². The number of hydrogen-bond acceptors (Lipinski definition) is 9. The third-order valence-corrected chi connectivity index (χ3v) is 6.56. The molecule has 0 bridgehead atoms. The molecule has 0 saturated carbocycles. The van der Waals surface area contributed by atoms with E-state index < -0.39 is 33.7 Å². The third-order valence-electron chi connectivity index (χ3n) is 4.54. The minimum absolute atomic E-state index is 0.00822. The summed E-state index contributed by atoms with van der Waals surface area (Å²) in [5, 5.41) is 5.83. The number of nitrogens with zero attached hydrogens (tertiary/aromatic N) is 2. The van der Waals surface area contributed by atoms with Crippen molar-refractivity contribution >= 4 is 27.6 Å². The standard InChI is InChI=1S/C21H33N3O7S/c1-15(19(25)31-21(3,4)5)22-13-9-10-14-24(16(2)20(26)30-6)32(28,29)18-12-8-7-11-17(18)23-27/h7-8,11-12,15-16,22H,9-10,13-14H2,1-6H3/t15-,16-/m0/s1. The lowest BCUT2D eigenvalue weighted by Crippen LogP contribution is -2.44. The molecule has 1 N–H and O–H groups in total. The number of unbranched alkanes of at least 4 members (excludes halogenated alkanes) is 1. The zero-order chi connectivity index (χ0) is 24.5. The van der Waals surface area contributed by atoms with E-state index in [4.69, 9.17) is 9.47 Å². The molecule has 1 aromatic rings. The number of esters is 2. The highest BCUT2D eigenvalue weighted by Gasteiger charge is 2.35. The maximum Gasteiger partial charge on any atom is 0.323 e. The first-order chi connectivity index (χ1) is 14.8. The molecule has 1 aromatic carbocycles. The first kappa shape index (κ1) is 27.7. The van der Waals surface area contributed by atoms with Gasteiger partial charge in [0.25, 0.3) is 0 Å². The molecule has 10 nitrogen and oxygen atoms in total. The Morgan fingerprint density at radius 1 is 1.12 bits per heavy atom. The molecule has 0 amide bonds. The van der Waals surface area contributed by atoms with Crippen LogP contribution in [-0.2, 0) is 29.1 Å². The summed E-state index contributed by atoms with van der Waals surface area (Å²) < 4.78 is 37.4. The van der Waals surface area contributed by atoms with Crippen LogP contribution in [0.4, 0.5) is 5.69 Å². The molecule has 0 radical (unpaired) electrons. The average molecular weight is 472 g/mol. The molecular formula is C21H33N3O7S. The lowest BCUT2D eigenvalue weighted by atomic mass is 10.2. The van der Waals surface area contributed by atoms with Gasteiger partial charge in [0.05, 0.1) is 7.11 Å². The second-order valence-electron chi connectivity index (χ2n) is 8.29. The minimum Gasteiger partial charge on any atom is -0.468 e. The fraction of sp³-hybridized carbons (Fsp3) is 0.619. The summed E-state index contributed by atoms with van der Waals surface area (Å²) in [6.07, 6.45) is 0.923. The van der Waals surface area contributed by atoms with Gasteiger partial charge in [-0.15, -0.1) is 4.91 Å². The predicted molar refractivity (Wildman–Crippen MR) is 120 cm³/mol. The molecule has 0 unspecified atom stereocenters. The molecule has 1 rings (SSSR count). The SMILES string of the molecule is COC(=O)[C@H](C)N(CCCCN[C@@H](C)C(=O)OC(C)(C)C)S(=O)(=O)c1ccccc1N=O. The Kier molecular flexibility index (Phi) is 10.4. The fourth-order valence-electron chi connectivity index (χ4n) is 2.87. The number of ether oxygens (including phenoxy) is 2. The summed E-state index contributed by atoms with van der Waals surface area (Å²) in [6.45, 7) is 8.91. The highest BCUT2D eigenvalue weighted by atomic mass is 32.2. The number of benzene rings is 1. The van der Waals surface area contributed by atoms with Gasteiger partial charge in [0, 0.05) is 6.54 Å². The molecule has 0 aromatic heterocycles. The molecule has 11 heteroatoms. The van der Waals surface area contributed by atoms with Gasteiger partial charge in [0.1, 0.15) is 28.3 Å². The van der Waals surface area contributed by atoms with E-state index in [1.54, 1.807) is 27.7 Å². The van der Waals surface area contributed by atoms with E-state index in [1.165, 1.54) is 38.3 Å². The van der Waals surface area contributed by atoms with Crippen molar-refractivity contribution in [1.82, 2.24) is 9.62 Å². The summed E-state index contributed by atoms with van der Waals surface area (Å²) in [6, 6.07) is 3.92. The van der Waals surface area contributed by atoms with Crippen molar-refractivity contribution in [2.24, 2.45) is 5.18 Å². The number of carbonyl (C=O) groups excluding carboxylic acids is 2. The maximum atomic E-state index is 13.2. The summed E-state index contributed by atoms with van der Waals surface area (Å²) in [4.78, 5) is 34.9. The molecule has 0 aliphatic heterocycles. The molecule has 0 aliphatic carbocycles. The van der Waals surface area contributed by atoms with Crippen molar-refractivity contribution in [1.29, 1.82) is 0 Å². The van der Waals surface area contributed by atoms with Gasteiger partial charge in [0.2, 0.25) is 10.0 Å². The largest absolute Gasteiger partial charge is 0.468 e. The molecule has 180 valence electrons. The Hall–Kier alpha value is -2.37. The van der Waals surface area contributed by atoms with Gasteiger partial charge in [-0.2, -0.15) is 4.31 Å². The molecule has 32 heavy (non-hydrogen) atoms. The van der Waals surface area contributed by atoms with E-state index in [0.29, 0.717) is 19.4 Å². The van der Waals surface area contributed by atoms with Crippen molar-refractivity contribution in [2.45, 2.75) is 70.0 Å². The molecule has 0 saturated heterocycles. The molecule has 0 fully saturated rings. The lowest BCUT2D eigenvalue weighted by Gasteiger charge is -2.27. The van der Waals surface area contributed by atoms with Crippen molar-refractivity contribution in [3.8, 4) is 0 Å². The molecular weight excluding hydrogens is 438 g/mol. The fourth-order valence-corrected chi connectivity index (χ4v) is 4.62. The predicted octanol–water partition coefficient (Wildman–Crippen LogP) is 2.74. The monoisotopic (exact) mass is 471 g/mol. The first-order valence-electron chi connectivity index (χ1n) is 10.3. The number of rotatable bonds is 12. The van der Waals surface area contributed by atoms with E-state index >= 15 is 0 Å². The van der Waals surface area contributed by atoms with Crippen molar-refractivity contribution < 1.29 is 27.5 Å². The van der Waals surface area contributed by atoms with Crippen LogP contribution in [0.1, 0.15) is 47.5 Å². The van der Waals surface area contributed by atoms with Crippen molar-refractivity contribution in [3.05, 3.63) is 29.2 Å². The highest BCUT2D eigenvalue weighted by Crippen LogP contribution is 2.28. The van der Waals surface area contributed by atoms with E-state index in [2.05, 4.69) is 10.5 Å². The average Bonchev–Trinajstić information content (AvgIpc) is 2.73. The molecule has 0 spiro atoms. The third kappa shape index (κ3) is 7.95. The maximum absolute atomic E-state index is 13.2. The number of methoxy groups -OCH3 is 1. The van der Waals surface area contributed by atoms with E-state index in [-0.39, 0.29) is 23.1 Å². The second kappa shape index (κ2) is 12.0. The summed E-state index contributed by atoms with van der Waals surface area (Å²) in [5.41, 5.74) is -0.819. The van der Waals surface area contributed by atoms with Gasteiger partial charge in [-0.3, -0.25) is 9.59 Å². The van der Waals surface area contributed by atoms with Gasteiger partial charge in [-0.05, 0) is 71.3 Å². The van der Waals surface area contributed by atoms with Crippen LogP contribution in [0.2, 0.25) is 0 Å². The van der Waals surface area contributed by atoms with Crippen molar-refractivity contribution in [3.63, 3.8) is 0 Å². The zero-order valence-corrected chi connectivity index (χ0v) is 20.3. The van der Waals surface area contributed by atoms with E-state index in [0.717, 1.165) is 4.31 Å². The van der Waals surface area contributed by atoms with Crippen LogP contribution in [-0.4, -0.2) is 62.5 Å². The van der Waals surface area contributed by atoms with Gasteiger partial charge in [0.15, 0.2) is 0 Å². The quantitative estimate of drug-likeness (QED) is 0.280. The van der Waals surface area contributed by atoms with Gasteiger partial charge in [-0.25, -0.2) is 8.42 Å². The van der Waals surface area contributed by atoms with Crippen LogP contribution in [0.15, 0.2) is 34.3 Å². The molecule has 0 aliphatic rings. The first-order valence-corrected chi connectivity index (χ1v) is 11.8. The van der Waals surface area contributed by atoms with Gasteiger partial charge in [-0.1, -0.05) is 12.1 Å². The number of nitroso groups, excluding NO2 is 1.